The predicted octanol–water partition coefficient (Wildman–Crippen LogP) is 4.06. The van der Waals surface area contributed by atoms with Crippen LogP contribution in [-0.2, 0) is 12.0 Å². The van der Waals surface area contributed by atoms with Crippen LogP contribution in [0.25, 0.3) is 11.2 Å². The van der Waals surface area contributed by atoms with Crippen molar-refractivity contribution in [1.29, 1.82) is 0 Å². The Hall–Kier alpha value is -1.09. The molecule has 0 aliphatic carbocycles. The van der Waals surface area contributed by atoms with Gasteiger partial charge in [0.2, 0.25) is 0 Å². The van der Waals surface area contributed by atoms with E-state index in [4.69, 9.17) is 16.6 Å². The summed E-state index contributed by atoms with van der Waals surface area (Å²) in [7, 11) is 0. The number of imidazole rings is 1. The van der Waals surface area contributed by atoms with Crippen LogP contribution in [0, 0.1) is 6.92 Å². The molecular formula is C15H22ClN3. The van der Waals surface area contributed by atoms with E-state index in [0.717, 1.165) is 41.8 Å². The molecule has 4 heteroatoms. The largest absolute Gasteiger partial charge is 0.307 e. The summed E-state index contributed by atoms with van der Waals surface area (Å²) >= 11 is 5.92. The third-order valence-electron chi connectivity index (χ3n) is 3.49. The lowest BCUT2D eigenvalue weighted by Crippen LogP contribution is -2.28. The van der Waals surface area contributed by atoms with Crippen LogP contribution in [0.15, 0.2) is 12.3 Å². The van der Waals surface area contributed by atoms with Crippen LogP contribution in [-0.4, -0.2) is 20.4 Å². The summed E-state index contributed by atoms with van der Waals surface area (Å²) in [4.78, 5) is 9.32. The molecule has 0 fully saturated rings. The van der Waals surface area contributed by atoms with Crippen molar-refractivity contribution in [2.24, 2.45) is 0 Å². The van der Waals surface area contributed by atoms with Gasteiger partial charge >= 0.3 is 0 Å². The molecule has 0 saturated carbocycles. The molecule has 0 amide bonds. The van der Waals surface area contributed by atoms with Gasteiger partial charge in [-0.3, -0.25) is 0 Å². The zero-order valence-electron chi connectivity index (χ0n) is 12.2. The molecule has 0 atom stereocenters. The molecule has 0 radical (unpaired) electrons. The normalized spacial score (nSPS) is 12.3. The highest BCUT2D eigenvalue weighted by Gasteiger charge is 2.25. The fourth-order valence-corrected chi connectivity index (χ4v) is 2.89. The van der Waals surface area contributed by atoms with Gasteiger partial charge in [0.15, 0.2) is 5.65 Å². The van der Waals surface area contributed by atoms with Crippen molar-refractivity contribution in [2.45, 2.75) is 52.5 Å². The Labute approximate surface area is 120 Å². The number of halogens is 1. The van der Waals surface area contributed by atoms with Crippen LogP contribution in [0.3, 0.4) is 0 Å². The smallest absolute Gasteiger partial charge is 0.160 e. The van der Waals surface area contributed by atoms with E-state index >= 15 is 0 Å². The Bertz CT molecular complexity index is 572. The first-order chi connectivity index (χ1) is 8.99. The first-order valence-electron chi connectivity index (χ1n) is 6.90. The van der Waals surface area contributed by atoms with Crippen LogP contribution in [0.4, 0.5) is 0 Å². The van der Waals surface area contributed by atoms with Gasteiger partial charge in [0.25, 0.3) is 0 Å². The van der Waals surface area contributed by atoms with Gasteiger partial charge in [0.05, 0.1) is 0 Å². The van der Waals surface area contributed by atoms with Crippen molar-refractivity contribution >= 4 is 22.8 Å². The van der Waals surface area contributed by atoms with E-state index < -0.39 is 0 Å². The Balaban J connectivity index is 2.64. The molecular weight excluding hydrogens is 258 g/mol. The molecule has 0 bridgehead atoms. The second-order valence-electron chi connectivity index (χ2n) is 5.72. The minimum Gasteiger partial charge on any atom is -0.307 e. The number of nitrogens with zero attached hydrogens (tertiary/aromatic N) is 3. The summed E-state index contributed by atoms with van der Waals surface area (Å²) in [6, 6.07) is 2.10. The maximum Gasteiger partial charge on any atom is 0.160 e. The van der Waals surface area contributed by atoms with Gasteiger partial charge in [-0.25, -0.2) is 9.97 Å². The molecule has 2 rings (SSSR count). The van der Waals surface area contributed by atoms with Gasteiger partial charge in [-0.2, -0.15) is 0 Å². The molecule has 0 unspecified atom stereocenters. The summed E-state index contributed by atoms with van der Waals surface area (Å²) < 4.78 is 2.27. The second kappa shape index (κ2) is 5.49. The van der Waals surface area contributed by atoms with Gasteiger partial charge in [0, 0.05) is 24.0 Å². The highest BCUT2D eigenvalue weighted by atomic mass is 35.5. The van der Waals surface area contributed by atoms with Crippen LogP contribution < -0.4 is 0 Å². The van der Waals surface area contributed by atoms with Gasteiger partial charge < -0.3 is 4.57 Å². The predicted molar refractivity (Wildman–Crippen MR) is 80.9 cm³/mol. The zero-order valence-corrected chi connectivity index (χ0v) is 13.0. The molecule has 0 aromatic carbocycles. The lowest BCUT2D eigenvalue weighted by Gasteiger charge is -2.28. The lowest BCUT2D eigenvalue weighted by molar-refractivity contribution is 0.322. The summed E-state index contributed by atoms with van der Waals surface area (Å²) in [5, 5.41) is 0. The maximum atomic E-state index is 5.92. The van der Waals surface area contributed by atoms with Crippen LogP contribution in [0.2, 0.25) is 0 Å². The summed E-state index contributed by atoms with van der Waals surface area (Å²) in [5.74, 6) is 1.63. The number of pyridine rings is 1. The number of hydrogen-bond donors (Lipinski definition) is 0. The van der Waals surface area contributed by atoms with Crippen molar-refractivity contribution < 1.29 is 0 Å². The third kappa shape index (κ3) is 2.76. The monoisotopic (exact) mass is 279 g/mol. The topological polar surface area (TPSA) is 30.7 Å². The van der Waals surface area contributed by atoms with Gasteiger partial charge in [-0.15, -0.1) is 11.6 Å². The Morgan fingerprint density at radius 3 is 2.74 bits per heavy atom. The van der Waals surface area contributed by atoms with E-state index in [0.29, 0.717) is 5.88 Å². The first-order valence-corrected chi connectivity index (χ1v) is 7.43. The first kappa shape index (κ1) is 14.3. The maximum absolute atomic E-state index is 5.92. The molecule has 0 aliphatic rings. The highest BCUT2D eigenvalue weighted by molar-refractivity contribution is 6.17. The molecule has 104 valence electrons. The summed E-state index contributed by atoms with van der Waals surface area (Å²) in [6.45, 7) is 8.75. The van der Waals surface area contributed by atoms with E-state index in [1.807, 2.05) is 13.1 Å². The van der Waals surface area contributed by atoms with E-state index in [-0.39, 0.29) is 5.54 Å². The van der Waals surface area contributed by atoms with Crippen LogP contribution in [0.1, 0.15) is 45.0 Å². The van der Waals surface area contributed by atoms with E-state index in [1.165, 1.54) is 0 Å². The zero-order chi connectivity index (χ0) is 14.0. The number of fused-ring (bicyclic) bond motifs is 1. The molecule has 19 heavy (non-hydrogen) atoms. The number of rotatable bonds is 5. The lowest BCUT2D eigenvalue weighted by atomic mass is 9.98. The van der Waals surface area contributed by atoms with E-state index in [9.17, 15) is 0 Å². The fraction of sp³-hybridized carbons (Fsp3) is 0.600. The molecule has 3 nitrogen and oxygen atoms in total. The van der Waals surface area contributed by atoms with Crippen molar-refractivity contribution in [3.05, 3.63) is 23.7 Å². The molecule has 2 aromatic rings. The van der Waals surface area contributed by atoms with Gasteiger partial charge in [0.1, 0.15) is 11.3 Å². The average Bonchev–Trinajstić information content (AvgIpc) is 2.67. The Morgan fingerprint density at radius 2 is 2.11 bits per heavy atom. The molecule has 0 saturated heterocycles. The second-order valence-corrected chi connectivity index (χ2v) is 6.10. The standard InChI is InChI=1S/C15H22ClN3/c1-5-7-15(3,4)19-13(6-8-16)18-12-9-11(2)10-17-14(12)19/h9-10H,5-8H2,1-4H3. The molecule has 0 spiro atoms. The van der Waals surface area contributed by atoms with Crippen LogP contribution >= 0.6 is 11.6 Å². The summed E-state index contributed by atoms with van der Waals surface area (Å²) in [5.41, 5.74) is 3.11. The molecule has 0 N–H and O–H groups in total. The Kier molecular flexibility index (Phi) is 4.14. The third-order valence-corrected chi connectivity index (χ3v) is 3.68. The highest BCUT2D eigenvalue weighted by Crippen LogP contribution is 2.28. The number of aromatic nitrogens is 3. The van der Waals surface area contributed by atoms with Crippen LogP contribution in [0.5, 0.6) is 0 Å². The number of hydrogen-bond acceptors (Lipinski definition) is 2. The minimum absolute atomic E-state index is 0.0210. The average molecular weight is 280 g/mol. The van der Waals surface area contributed by atoms with Crippen molar-refractivity contribution in [3.63, 3.8) is 0 Å². The quantitative estimate of drug-likeness (QED) is 0.773. The molecule has 2 heterocycles. The van der Waals surface area contributed by atoms with E-state index in [2.05, 4.69) is 36.4 Å². The SMILES string of the molecule is CCCC(C)(C)n1c(CCCl)nc2cc(C)cnc21. The fourth-order valence-electron chi connectivity index (χ4n) is 2.72. The molecule has 0 aliphatic heterocycles. The summed E-state index contributed by atoms with van der Waals surface area (Å²) in [6.07, 6.45) is 4.93. The number of alkyl halides is 1. The van der Waals surface area contributed by atoms with Gasteiger partial charge in [-0.05, 0) is 38.8 Å². The van der Waals surface area contributed by atoms with Crippen molar-refractivity contribution in [3.8, 4) is 0 Å². The molecule has 2 aromatic heterocycles. The van der Waals surface area contributed by atoms with Crippen molar-refractivity contribution in [1.82, 2.24) is 14.5 Å². The minimum atomic E-state index is 0.0210. The Morgan fingerprint density at radius 1 is 1.37 bits per heavy atom. The number of aryl methyl sites for hydroxylation is 2. The van der Waals surface area contributed by atoms with Gasteiger partial charge in [-0.1, -0.05) is 13.3 Å². The van der Waals surface area contributed by atoms with Crippen molar-refractivity contribution in [2.75, 3.05) is 5.88 Å². The van der Waals surface area contributed by atoms with E-state index in [1.54, 1.807) is 0 Å².